The molecule has 0 radical (unpaired) electrons. The Hall–Kier alpha value is -2.73. The lowest BCUT2D eigenvalue weighted by molar-refractivity contribution is -0.143. The van der Waals surface area contributed by atoms with Gasteiger partial charge in [0.25, 0.3) is 0 Å². The normalized spacial score (nSPS) is 17.9. The predicted octanol–water partition coefficient (Wildman–Crippen LogP) is 4.38. The molecular formula is C24H31NO5. The lowest BCUT2D eigenvalue weighted by Gasteiger charge is -2.38. The summed E-state index contributed by atoms with van der Waals surface area (Å²) < 4.78 is 17.2. The van der Waals surface area contributed by atoms with Crippen LogP contribution in [0, 0.1) is 5.92 Å². The zero-order valence-electron chi connectivity index (χ0n) is 18.0. The summed E-state index contributed by atoms with van der Waals surface area (Å²) in [6, 6.07) is 13.8. The number of likely N-dealkylation sites (tertiary alicyclic amines) is 1. The van der Waals surface area contributed by atoms with Crippen molar-refractivity contribution < 1.29 is 24.1 Å². The van der Waals surface area contributed by atoms with Gasteiger partial charge in [-0.2, -0.15) is 0 Å². The second-order valence-electron chi connectivity index (χ2n) is 7.39. The molecule has 1 N–H and O–H groups in total. The van der Waals surface area contributed by atoms with Crippen LogP contribution >= 0.6 is 0 Å². The van der Waals surface area contributed by atoms with E-state index in [0.717, 1.165) is 29.8 Å². The number of rotatable bonds is 9. The lowest BCUT2D eigenvalue weighted by atomic mass is 9.91. The van der Waals surface area contributed by atoms with E-state index in [1.54, 1.807) is 7.11 Å². The number of piperidine rings is 1. The first-order valence-corrected chi connectivity index (χ1v) is 10.6. The zero-order chi connectivity index (χ0) is 21.5. The molecule has 0 spiro atoms. The summed E-state index contributed by atoms with van der Waals surface area (Å²) in [4.78, 5) is 13.9. The molecule has 30 heavy (non-hydrogen) atoms. The number of carboxylic acid groups (broad SMARTS) is 1. The number of carbonyl (C=O) groups is 1. The Bertz CT molecular complexity index is 853. The largest absolute Gasteiger partial charge is 0.496 e. The highest BCUT2D eigenvalue weighted by molar-refractivity contribution is 5.70. The minimum atomic E-state index is -0.736. The van der Waals surface area contributed by atoms with Gasteiger partial charge in [0, 0.05) is 12.1 Å². The Morgan fingerprint density at radius 1 is 1.10 bits per heavy atom. The molecule has 0 bridgehead atoms. The number of para-hydroxylation sites is 1. The van der Waals surface area contributed by atoms with Gasteiger partial charge in [0.05, 0.1) is 32.3 Å². The first kappa shape index (κ1) is 22.0. The van der Waals surface area contributed by atoms with Crippen LogP contribution in [0.5, 0.6) is 17.2 Å². The molecule has 1 fully saturated rings. The van der Waals surface area contributed by atoms with Crippen LogP contribution in [0.15, 0.2) is 42.5 Å². The maximum absolute atomic E-state index is 11.7. The number of methoxy groups -OCH3 is 1. The van der Waals surface area contributed by atoms with Crippen molar-refractivity contribution in [1.82, 2.24) is 4.90 Å². The molecule has 0 aliphatic carbocycles. The van der Waals surface area contributed by atoms with Crippen molar-refractivity contribution in [3.63, 3.8) is 0 Å². The number of nitrogens with zero attached hydrogens (tertiary/aromatic N) is 1. The SMILES string of the molecule is CCOc1ccc(C(c2ccccc2OC)N2CCCC(C(=O)O)C2)cc1OCC. The summed E-state index contributed by atoms with van der Waals surface area (Å²) in [5.41, 5.74) is 2.04. The summed E-state index contributed by atoms with van der Waals surface area (Å²) in [6.07, 6.45) is 1.55. The summed E-state index contributed by atoms with van der Waals surface area (Å²) in [5.74, 6) is 1.09. The van der Waals surface area contributed by atoms with E-state index >= 15 is 0 Å². The van der Waals surface area contributed by atoms with Crippen LogP contribution in [-0.2, 0) is 4.79 Å². The van der Waals surface area contributed by atoms with Crippen molar-refractivity contribution in [2.45, 2.75) is 32.7 Å². The van der Waals surface area contributed by atoms with Crippen molar-refractivity contribution in [2.75, 3.05) is 33.4 Å². The molecule has 2 unspecified atom stereocenters. The zero-order valence-corrected chi connectivity index (χ0v) is 18.0. The molecule has 2 aromatic rings. The van der Waals surface area contributed by atoms with E-state index < -0.39 is 5.97 Å². The van der Waals surface area contributed by atoms with Crippen molar-refractivity contribution >= 4 is 5.97 Å². The van der Waals surface area contributed by atoms with E-state index in [4.69, 9.17) is 14.2 Å². The molecule has 0 saturated carbocycles. The summed E-state index contributed by atoms with van der Waals surface area (Å²) in [5, 5.41) is 9.60. The Morgan fingerprint density at radius 3 is 2.53 bits per heavy atom. The number of hydrogen-bond acceptors (Lipinski definition) is 5. The van der Waals surface area contributed by atoms with Crippen molar-refractivity contribution in [1.29, 1.82) is 0 Å². The number of aliphatic carboxylic acids is 1. The lowest BCUT2D eigenvalue weighted by Crippen LogP contribution is -2.41. The number of benzene rings is 2. The van der Waals surface area contributed by atoms with Crippen LogP contribution in [-0.4, -0.2) is 49.4 Å². The molecule has 1 saturated heterocycles. The minimum absolute atomic E-state index is 0.141. The van der Waals surface area contributed by atoms with E-state index in [-0.39, 0.29) is 12.0 Å². The van der Waals surface area contributed by atoms with Gasteiger partial charge in [-0.15, -0.1) is 0 Å². The fourth-order valence-electron chi connectivity index (χ4n) is 4.16. The summed E-state index contributed by atoms with van der Waals surface area (Å²) in [6.45, 7) is 6.30. The predicted molar refractivity (Wildman–Crippen MR) is 116 cm³/mol. The van der Waals surface area contributed by atoms with Crippen LogP contribution in [0.2, 0.25) is 0 Å². The highest BCUT2D eigenvalue weighted by Gasteiger charge is 2.33. The summed E-state index contributed by atoms with van der Waals surface area (Å²) >= 11 is 0. The van der Waals surface area contributed by atoms with Gasteiger partial charge in [-0.1, -0.05) is 24.3 Å². The van der Waals surface area contributed by atoms with Gasteiger partial charge in [0.15, 0.2) is 11.5 Å². The number of hydrogen-bond donors (Lipinski definition) is 1. The third-order valence-corrected chi connectivity index (χ3v) is 5.48. The van der Waals surface area contributed by atoms with Crippen molar-refractivity contribution in [2.24, 2.45) is 5.92 Å². The minimum Gasteiger partial charge on any atom is -0.496 e. The molecule has 0 amide bonds. The topological polar surface area (TPSA) is 68.2 Å². The highest BCUT2D eigenvalue weighted by atomic mass is 16.5. The Kier molecular flexibility index (Phi) is 7.57. The number of carboxylic acids is 1. The van der Waals surface area contributed by atoms with Gasteiger partial charge in [0.2, 0.25) is 0 Å². The monoisotopic (exact) mass is 413 g/mol. The first-order valence-electron chi connectivity index (χ1n) is 10.6. The third-order valence-electron chi connectivity index (χ3n) is 5.48. The molecule has 1 aliphatic rings. The smallest absolute Gasteiger partial charge is 0.307 e. The van der Waals surface area contributed by atoms with Gasteiger partial charge >= 0.3 is 5.97 Å². The molecule has 0 aromatic heterocycles. The van der Waals surface area contributed by atoms with Gasteiger partial charge in [-0.05, 0) is 57.0 Å². The fourth-order valence-corrected chi connectivity index (χ4v) is 4.16. The van der Waals surface area contributed by atoms with Crippen molar-refractivity contribution in [3.05, 3.63) is 53.6 Å². The van der Waals surface area contributed by atoms with Crippen LogP contribution in [0.1, 0.15) is 43.9 Å². The molecule has 6 nitrogen and oxygen atoms in total. The van der Waals surface area contributed by atoms with Crippen LogP contribution in [0.3, 0.4) is 0 Å². The second-order valence-corrected chi connectivity index (χ2v) is 7.39. The Labute approximate surface area is 178 Å². The fraction of sp³-hybridized carbons (Fsp3) is 0.458. The maximum atomic E-state index is 11.7. The standard InChI is InChI=1S/C24H31NO5/c1-4-29-21-13-12-17(15-22(21)30-5-2)23(19-10-6-7-11-20(19)28-3)25-14-8-9-18(16-25)24(26)27/h6-7,10-13,15,18,23H,4-5,8-9,14,16H2,1-3H3,(H,26,27). The Balaban J connectivity index is 2.07. The van der Waals surface area contributed by atoms with Gasteiger partial charge in [-0.25, -0.2) is 0 Å². The van der Waals surface area contributed by atoms with Crippen molar-refractivity contribution in [3.8, 4) is 17.2 Å². The summed E-state index contributed by atoms with van der Waals surface area (Å²) in [7, 11) is 1.66. The average molecular weight is 414 g/mol. The van der Waals surface area contributed by atoms with Gasteiger partial charge < -0.3 is 19.3 Å². The van der Waals surface area contributed by atoms with Crippen LogP contribution < -0.4 is 14.2 Å². The molecule has 2 aromatic carbocycles. The molecule has 1 aliphatic heterocycles. The second kappa shape index (κ2) is 10.3. The third kappa shape index (κ3) is 4.87. The molecule has 6 heteroatoms. The molecular weight excluding hydrogens is 382 g/mol. The van der Waals surface area contributed by atoms with E-state index in [0.29, 0.717) is 37.7 Å². The quantitative estimate of drug-likeness (QED) is 0.658. The molecule has 3 rings (SSSR count). The van der Waals surface area contributed by atoms with E-state index in [2.05, 4.69) is 4.90 Å². The molecule has 2 atom stereocenters. The highest BCUT2D eigenvalue weighted by Crippen LogP contribution is 2.40. The first-order chi connectivity index (χ1) is 14.6. The van der Waals surface area contributed by atoms with Crippen LogP contribution in [0.25, 0.3) is 0 Å². The molecule has 1 heterocycles. The molecule has 162 valence electrons. The Morgan fingerprint density at radius 2 is 1.83 bits per heavy atom. The van der Waals surface area contributed by atoms with E-state index in [1.165, 1.54) is 0 Å². The van der Waals surface area contributed by atoms with Gasteiger partial charge in [-0.3, -0.25) is 9.69 Å². The van der Waals surface area contributed by atoms with E-state index in [9.17, 15) is 9.90 Å². The number of ether oxygens (including phenoxy) is 3. The van der Waals surface area contributed by atoms with E-state index in [1.807, 2.05) is 56.3 Å². The van der Waals surface area contributed by atoms with Gasteiger partial charge in [0.1, 0.15) is 5.75 Å². The average Bonchev–Trinajstić information content (AvgIpc) is 2.76. The maximum Gasteiger partial charge on any atom is 0.307 e. The van der Waals surface area contributed by atoms with Crippen LogP contribution in [0.4, 0.5) is 0 Å².